The number of ether oxygens (including phenoxy) is 1. The largest absolute Gasteiger partial charge is 0.484 e. The zero-order valence-electron chi connectivity index (χ0n) is 12.1. The van der Waals surface area contributed by atoms with Gasteiger partial charge in [0, 0.05) is 0 Å². The highest BCUT2D eigenvalue weighted by Crippen LogP contribution is 2.25. The molecule has 2 aromatic heterocycles. The van der Waals surface area contributed by atoms with Crippen LogP contribution in [0.2, 0.25) is 0 Å². The van der Waals surface area contributed by atoms with E-state index in [1.54, 1.807) is 12.1 Å². The monoisotopic (exact) mass is 388 g/mol. The molecule has 5 heteroatoms. The van der Waals surface area contributed by atoms with Gasteiger partial charge in [-0.15, -0.1) is 11.3 Å². The van der Waals surface area contributed by atoms with Crippen molar-refractivity contribution in [3.05, 3.63) is 80.9 Å². The average Bonchev–Trinajstić information content (AvgIpc) is 3.24. The summed E-state index contributed by atoms with van der Waals surface area (Å²) in [5, 5.41) is 1.88. The Morgan fingerprint density at radius 3 is 2.83 bits per heavy atom. The number of benzene rings is 1. The van der Waals surface area contributed by atoms with Gasteiger partial charge in [-0.3, -0.25) is 4.79 Å². The molecule has 3 aromatic rings. The maximum Gasteiger partial charge on any atom is 0.195 e. The van der Waals surface area contributed by atoms with Gasteiger partial charge in [0.1, 0.15) is 23.9 Å². The number of ketones is 1. The van der Waals surface area contributed by atoms with Crippen LogP contribution >= 0.6 is 27.3 Å². The lowest BCUT2D eigenvalue weighted by atomic mass is 10.3. The molecule has 0 bridgehead atoms. The summed E-state index contributed by atoms with van der Waals surface area (Å²) in [6.45, 7) is 0.329. The summed E-state index contributed by atoms with van der Waals surface area (Å²) in [4.78, 5) is 12.6. The Bertz CT molecular complexity index is 818. The third-order valence-corrected chi connectivity index (χ3v) is 4.59. The topological polar surface area (TPSA) is 39.4 Å². The van der Waals surface area contributed by atoms with Crippen LogP contribution < -0.4 is 4.74 Å². The highest BCUT2D eigenvalue weighted by atomic mass is 79.9. The third-order valence-electron chi connectivity index (χ3n) is 3.05. The Morgan fingerprint density at radius 1 is 1.17 bits per heavy atom. The van der Waals surface area contributed by atoms with Gasteiger partial charge in [-0.2, -0.15) is 0 Å². The number of hydrogen-bond donors (Lipinski definition) is 0. The highest BCUT2D eigenvalue weighted by Gasteiger charge is 2.05. The van der Waals surface area contributed by atoms with Crippen molar-refractivity contribution in [1.82, 2.24) is 0 Å². The van der Waals surface area contributed by atoms with E-state index in [4.69, 9.17) is 9.15 Å². The van der Waals surface area contributed by atoms with Crippen molar-refractivity contribution in [3.63, 3.8) is 0 Å². The standard InChI is InChI=1S/C18H13BrO3S/c19-15-4-1-2-5-17(15)21-12-14-8-7-13(22-14)9-10-16(20)18-6-3-11-23-18/h1-11H,12H2/b10-9+. The van der Waals surface area contributed by atoms with E-state index in [0.29, 0.717) is 23.0 Å². The van der Waals surface area contributed by atoms with Gasteiger partial charge in [0.15, 0.2) is 5.78 Å². The van der Waals surface area contributed by atoms with Gasteiger partial charge in [-0.05, 0) is 63.8 Å². The van der Waals surface area contributed by atoms with Gasteiger partial charge in [-0.1, -0.05) is 18.2 Å². The first-order valence-corrected chi connectivity index (χ1v) is 8.61. The summed E-state index contributed by atoms with van der Waals surface area (Å²) in [5.74, 6) is 2.06. The molecule has 3 nitrogen and oxygen atoms in total. The number of para-hydroxylation sites is 1. The van der Waals surface area contributed by atoms with Gasteiger partial charge in [0.05, 0.1) is 9.35 Å². The number of furan rings is 1. The first kappa shape index (κ1) is 15.8. The summed E-state index contributed by atoms with van der Waals surface area (Å²) < 4.78 is 12.2. The van der Waals surface area contributed by atoms with E-state index in [2.05, 4.69) is 15.9 Å². The smallest absolute Gasteiger partial charge is 0.195 e. The Balaban J connectivity index is 1.60. The van der Waals surface area contributed by atoms with Crippen LogP contribution in [0.5, 0.6) is 5.75 Å². The number of rotatable bonds is 6. The Hall–Kier alpha value is -2.11. The average molecular weight is 389 g/mol. The Kier molecular flexibility index (Phi) is 5.10. The molecule has 0 aliphatic rings. The quantitative estimate of drug-likeness (QED) is 0.408. The van der Waals surface area contributed by atoms with Crippen LogP contribution in [0.1, 0.15) is 21.2 Å². The van der Waals surface area contributed by atoms with Gasteiger partial charge in [0.2, 0.25) is 0 Å². The van der Waals surface area contributed by atoms with Gasteiger partial charge in [-0.25, -0.2) is 0 Å². The summed E-state index contributed by atoms with van der Waals surface area (Å²) in [7, 11) is 0. The molecule has 1 aromatic carbocycles. The lowest BCUT2D eigenvalue weighted by molar-refractivity contribution is 0.105. The van der Waals surface area contributed by atoms with Gasteiger partial charge >= 0.3 is 0 Å². The van der Waals surface area contributed by atoms with Crippen LogP contribution in [-0.4, -0.2) is 5.78 Å². The molecule has 0 saturated heterocycles. The first-order valence-electron chi connectivity index (χ1n) is 6.94. The summed E-state index contributed by atoms with van der Waals surface area (Å²) in [5.41, 5.74) is 0. The van der Waals surface area contributed by atoms with Crippen LogP contribution in [0.15, 0.2) is 68.9 Å². The van der Waals surface area contributed by atoms with Crippen LogP contribution in [0.4, 0.5) is 0 Å². The number of carbonyl (C=O) groups is 1. The molecule has 0 aliphatic heterocycles. The Labute approximate surface area is 146 Å². The Morgan fingerprint density at radius 2 is 2.04 bits per heavy atom. The normalized spacial score (nSPS) is 11.0. The molecule has 0 atom stereocenters. The lowest BCUT2D eigenvalue weighted by Gasteiger charge is -2.05. The number of hydrogen-bond acceptors (Lipinski definition) is 4. The fourth-order valence-corrected chi connectivity index (χ4v) is 2.98. The summed E-state index contributed by atoms with van der Waals surface area (Å²) in [6.07, 6.45) is 3.19. The van der Waals surface area contributed by atoms with E-state index in [1.165, 1.54) is 17.4 Å². The minimum absolute atomic E-state index is 0.0255. The molecule has 0 spiro atoms. The van der Waals surface area contributed by atoms with Crippen LogP contribution in [0, 0.1) is 0 Å². The molecular weight excluding hydrogens is 376 g/mol. The zero-order chi connectivity index (χ0) is 16.1. The lowest BCUT2D eigenvalue weighted by Crippen LogP contribution is -1.94. The second kappa shape index (κ2) is 7.44. The van der Waals surface area contributed by atoms with Crippen molar-refractivity contribution in [2.45, 2.75) is 6.61 Å². The molecule has 116 valence electrons. The molecule has 0 N–H and O–H groups in total. The van der Waals surface area contributed by atoms with Crippen molar-refractivity contribution >= 4 is 39.1 Å². The van der Waals surface area contributed by atoms with Crippen molar-refractivity contribution in [1.29, 1.82) is 0 Å². The molecule has 0 fully saturated rings. The molecular formula is C18H13BrO3S. The van der Waals surface area contributed by atoms with E-state index in [9.17, 15) is 4.79 Å². The predicted octanol–water partition coefficient (Wildman–Crippen LogP) is 5.58. The van der Waals surface area contributed by atoms with Crippen molar-refractivity contribution in [2.24, 2.45) is 0 Å². The van der Waals surface area contributed by atoms with Crippen LogP contribution in [0.3, 0.4) is 0 Å². The molecule has 0 radical (unpaired) electrons. The molecule has 3 rings (SSSR count). The molecule has 0 unspecified atom stereocenters. The van der Waals surface area contributed by atoms with Crippen molar-refractivity contribution in [2.75, 3.05) is 0 Å². The SMILES string of the molecule is O=C(/C=C/c1ccc(COc2ccccc2Br)o1)c1cccs1. The second-order valence-electron chi connectivity index (χ2n) is 4.70. The van der Waals surface area contributed by atoms with Crippen molar-refractivity contribution in [3.8, 4) is 5.75 Å². The zero-order valence-corrected chi connectivity index (χ0v) is 14.5. The minimum Gasteiger partial charge on any atom is -0.484 e. The molecule has 0 amide bonds. The molecule has 0 saturated carbocycles. The minimum atomic E-state index is -0.0255. The number of thiophene rings is 1. The third kappa shape index (κ3) is 4.21. The van der Waals surface area contributed by atoms with Gasteiger partial charge < -0.3 is 9.15 Å². The van der Waals surface area contributed by atoms with Crippen LogP contribution in [0.25, 0.3) is 6.08 Å². The molecule has 0 aliphatic carbocycles. The second-order valence-corrected chi connectivity index (χ2v) is 6.50. The fraction of sp³-hybridized carbons (Fsp3) is 0.0556. The van der Waals surface area contributed by atoms with E-state index in [1.807, 2.05) is 47.8 Å². The molecule has 23 heavy (non-hydrogen) atoms. The van der Waals surface area contributed by atoms with Gasteiger partial charge in [0.25, 0.3) is 0 Å². The summed E-state index contributed by atoms with van der Waals surface area (Å²) >= 11 is 4.85. The van der Waals surface area contributed by atoms with E-state index < -0.39 is 0 Å². The number of carbonyl (C=O) groups excluding carboxylic acids is 1. The fourth-order valence-electron chi connectivity index (χ4n) is 1.93. The first-order chi connectivity index (χ1) is 11.2. The number of halogens is 1. The number of allylic oxidation sites excluding steroid dienone is 1. The summed E-state index contributed by atoms with van der Waals surface area (Å²) in [6, 6.07) is 15.0. The highest BCUT2D eigenvalue weighted by molar-refractivity contribution is 9.10. The maximum atomic E-state index is 11.9. The predicted molar refractivity (Wildman–Crippen MR) is 94.9 cm³/mol. The van der Waals surface area contributed by atoms with E-state index >= 15 is 0 Å². The van der Waals surface area contributed by atoms with Crippen molar-refractivity contribution < 1.29 is 13.9 Å². The molecule has 2 heterocycles. The van der Waals surface area contributed by atoms with Crippen LogP contribution in [-0.2, 0) is 6.61 Å². The van der Waals surface area contributed by atoms with E-state index in [-0.39, 0.29) is 5.78 Å². The van der Waals surface area contributed by atoms with E-state index in [0.717, 1.165) is 10.2 Å². The maximum absolute atomic E-state index is 11.9.